The van der Waals surface area contributed by atoms with Gasteiger partial charge in [-0.05, 0) is 23.3 Å². The number of nitro benzene ring substituents is 1. The summed E-state index contributed by atoms with van der Waals surface area (Å²) in [6.45, 7) is 7.13. The van der Waals surface area contributed by atoms with Crippen LogP contribution < -0.4 is 5.32 Å². The van der Waals surface area contributed by atoms with E-state index in [1.54, 1.807) is 12.1 Å². The van der Waals surface area contributed by atoms with Crippen LogP contribution in [0.2, 0.25) is 0 Å². The van der Waals surface area contributed by atoms with E-state index in [9.17, 15) is 14.9 Å². The van der Waals surface area contributed by atoms with Crippen LogP contribution in [0, 0.1) is 10.1 Å². The van der Waals surface area contributed by atoms with E-state index in [4.69, 9.17) is 0 Å². The molecule has 0 radical (unpaired) electrons. The first kappa shape index (κ1) is 12.6. The molecule has 1 amide bonds. The van der Waals surface area contributed by atoms with Crippen LogP contribution in [0.15, 0.2) is 37.4 Å². The molecule has 0 aromatic heterocycles. The molecule has 0 aliphatic heterocycles. The van der Waals surface area contributed by atoms with Gasteiger partial charge in [0.2, 0.25) is 5.91 Å². The van der Waals surface area contributed by atoms with E-state index >= 15 is 0 Å². The molecular formula is C12H12N2O3. The second-order valence-corrected chi connectivity index (χ2v) is 3.27. The Bertz CT molecular complexity index is 481. The molecule has 0 spiro atoms. The third-order valence-corrected chi connectivity index (χ3v) is 2.20. The Balaban J connectivity index is 2.97. The van der Waals surface area contributed by atoms with Crippen molar-refractivity contribution in [1.82, 2.24) is 5.32 Å². The number of nitro groups is 1. The van der Waals surface area contributed by atoms with Crippen molar-refractivity contribution in [2.75, 3.05) is 0 Å². The van der Waals surface area contributed by atoms with Gasteiger partial charge in [-0.2, -0.15) is 0 Å². The summed E-state index contributed by atoms with van der Waals surface area (Å²) in [5.74, 6) is -0.327. The van der Waals surface area contributed by atoms with Gasteiger partial charge >= 0.3 is 0 Å². The highest BCUT2D eigenvalue weighted by atomic mass is 16.6. The number of nitrogens with one attached hydrogen (secondary N) is 1. The number of non-ortho nitro benzene ring substituents is 1. The summed E-state index contributed by atoms with van der Waals surface area (Å²) in [5.41, 5.74) is 1.38. The standard InChI is InChI=1S/C12H12N2O3/c1-3-9-5-6-11(14(16)17)7-10(9)8-13-12(15)4-2/h3-7H,1-2,8H2,(H,13,15). The summed E-state index contributed by atoms with van der Waals surface area (Å²) in [7, 11) is 0. The minimum atomic E-state index is -0.480. The summed E-state index contributed by atoms with van der Waals surface area (Å²) in [4.78, 5) is 21.2. The normalized spacial score (nSPS) is 9.41. The maximum absolute atomic E-state index is 11.0. The Morgan fingerprint density at radius 3 is 2.71 bits per heavy atom. The van der Waals surface area contributed by atoms with Crippen LogP contribution >= 0.6 is 0 Å². The molecule has 1 N–H and O–H groups in total. The monoisotopic (exact) mass is 232 g/mol. The summed E-state index contributed by atoms with van der Waals surface area (Å²) >= 11 is 0. The highest BCUT2D eigenvalue weighted by Crippen LogP contribution is 2.18. The Morgan fingerprint density at radius 2 is 2.18 bits per heavy atom. The van der Waals surface area contributed by atoms with Gasteiger partial charge in [-0.25, -0.2) is 0 Å². The average Bonchev–Trinajstić information content (AvgIpc) is 2.35. The predicted molar refractivity (Wildman–Crippen MR) is 65.2 cm³/mol. The Labute approximate surface area is 98.6 Å². The third kappa shape index (κ3) is 3.27. The van der Waals surface area contributed by atoms with E-state index in [0.29, 0.717) is 5.56 Å². The van der Waals surface area contributed by atoms with E-state index < -0.39 is 4.92 Å². The first-order valence-electron chi connectivity index (χ1n) is 4.88. The number of hydrogen-bond donors (Lipinski definition) is 1. The summed E-state index contributed by atoms with van der Waals surface area (Å²) in [6, 6.07) is 4.41. The zero-order valence-corrected chi connectivity index (χ0v) is 9.18. The average molecular weight is 232 g/mol. The van der Waals surface area contributed by atoms with E-state index in [1.165, 1.54) is 12.1 Å². The van der Waals surface area contributed by atoms with Crippen LogP contribution in [0.4, 0.5) is 5.69 Å². The molecular weight excluding hydrogens is 220 g/mol. The molecule has 0 unspecified atom stereocenters. The molecule has 1 aromatic rings. The molecule has 1 rings (SSSR count). The lowest BCUT2D eigenvalue weighted by Gasteiger charge is -2.06. The van der Waals surface area contributed by atoms with Gasteiger partial charge in [0, 0.05) is 18.7 Å². The molecule has 5 nitrogen and oxygen atoms in total. The summed E-state index contributed by atoms with van der Waals surface area (Å²) in [5, 5.41) is 13.2. The number of nitrogens with zero attached hydrogens (tertiary/aromatic N) is 1. The van der Waals surface area contributed by atoms with Crippen molar-refractivity contribution in [2.45, 2.75) is 6.54 Å². The molecule has 88 valence electrons. The maximum atomic E-state index is 11.0. The van der Waals surface area contributed by atoms with Gasteiger partial charge in [0.15, 0.2) is 0 Å². The number of hydrogen-bond acceptors (Lipinski definition) is 3. The first-order chi connectivity index (χ1) is 8.08. The second-order valence-electron chi connectivity index (χ2n) is 3.27. The maximum Gasteiger partial charge on any atom is 0.269 e. The van der Waals surface area contributed by atoms with Gasteiger partial charge in [0.1, 0.15) is 0 Å². The molecule has 0 bridgehead atoms. The second kappa shape index (κ2) is 5.60. The van der Waals surface area contributed by atoms with Crippen molar-refractivity contribution in [1.29, 1.82) is 0 Å². The van der Waals surface area contributed by atoms with Gasteiger partial charge in [0.25, 0.3) is 5.69 Å². The summed E-state index contributed by atoms with van der Waals surface area (Å²) in [6.07, 6.45) is 2.73. The van der Waals surface area contributed by atoms with E-state index in [1.807, 2.05) is 0 Å². The zero-order chi connectivity index (χ0) is 12.8. The highest BCUT2D eigenvalue weighted by molar-refractivity contribution is 5.86. The molecule has 0 aliphatic rings. The number of rotatable bonds is 5. The quantitative estimate of drug-likeness (QED) is 0.479. The third-order valence-electron chi connectivity index (χ3n) is 2.20. The molecule has 0 aliphatic carbocycles. The van der Waals surface area contributed by atoms with Crippen molar-refractivity contribution in [3.8, 4) is 0 Å². The van der Waals surface area contributed by atoms with Crippen LogP contribution in [-0.2, 0) is 11.3 Å². The highest BCUT2D eigenvalue weighted by Gasteiger charge is 2.09. The van der Waals surface area contributed by atoms with Crippen LogP contribution in [0.1, 0.15) is 11.1 Å². The van der Waals surface area contributed by atoms with Gasteiger partial charge in [0.05, 0.1) is 4.92 Å². The summed E-state index contributed by atoms with van der Waals surface area (Å²) < 4.78 is 0. The van der Waals surface area contributed by atoms with Crippen LogP contribution in [0.5, 0.6) is 0 Å². The van der Waals surface area contributed by atoms with Crippen molar-refractivity contribution in [3.05, 3.63) is 58.7 Å². The Kier molecular flexibility index (Phi) is 4.16. The minimum Gasteiger partial charge on any atom is -0.348 e. The Morgan fingerprint density at radius 1 is 1.47 bits per heavy atom. The van der Waals surface area contributed by atoms with Gasteiger partial charge < -0.3 is 5.32 Å². The number of carbonyl (C=O) groups is 1. The van der Waals surface area contributed by atoms with E-state index in [-0.39, 0.29) is 18.1 Å². The van der Waals surface area contributed by atoms with Crippen LogP contribution in [0.25, 0.3) is 6.08 Å². The smallest absolute Gasteiger partial charge is 0.269 e. The lowest BCUT2D eigenvalue weighted by Crippen LogP contribution is -2.20. The van der Waals surface area contributed by atoms with E-state index in [0.717, 1.165) is 11.6 Å². The number of benzene rings is 1. The zero-order valence-electron chi connectivity index (χ0n) is 9.18. The lowest BCUT2D eigenvalue weighted by molar-refractivity contribution is -0.384. The largest absolute Gasteiger partial charge is 0.348 e. The first-order valence-corrected chi connectivity index (χ1v) is 4.88. The molecule has 17 heavy (non-hydrogen) atoms. The fraction of sp³-hybridized carbons (Fsp3) is 0.0833. The predicted octanol–water partition coefficient (Wildman–Crippen LogP) is 2.04. The van der Waals surface area contributed by atoms with Gasteiger partial charge in [-0.3, -0.25) is 14.9 Å². The van der Waals surface area contributed by atoms with Crippen molar-refractivity contribution < 1.29 is 9.72 Å². The lowest BCUT2D eigenvalue weighted by atomic mass is 10.1. The van der Waals surface area contributed by atoms with Gasteiger partial charge in [-0.1, -0.05) is 19.2 Å². The SMILES string of the molecule is C=CC(=O)NCc1cc([N+](=O)[O-])ccc1C=C. The van der Waals surface area contributed by atoms with Crippen molar-refractivity contribution in [2.24, 2.45) is 0 Å². The van der Waals surface area contributed by atoms with Crippen molar-refractivity contribution >= 4 is 17.7 Å². The minimum absolute atomic E-state index is 0.0153. The van der Waals surface area contributed by atoms with Gasteiger partial charge in [-0.15, -0.1) is 0 Å². The molecule has 0 fully saturated rings. The molecule has 0 atom stereocenters. The topological polar surface area (TPSA) is 72.2 Å². The van der Waals surface area contributed by atoms with E-state index in [2.05, 4.69) is 18.5 Å². The van der Waals surface area contributed by atoms with Crippen LogP contribution in [-0.4, -0.2) is 10.8 Å². The number of amides is 1. The Hall–Kier alpha value is -2.43. The molecule has 1 aromatic carbocycles. The van der Waals surface area contributed by atoms with Crippen molar-refractivity contribution in [3.63, 3.8) is 0 Å². The fourth-order valence-corrected chi connectivity index (χ4v) is 1.31. The fourth-order valence-electron chi connectivity index (χ4n) is 1.31. The number of carbonyl (C=O) groups excluding carboxylic acids is 1. The molecule has 5 heteroatoms. The van der Waals surface area contributed by atoms with Crippen LogP contribution in [0.3, 0.4) is 0 Å². The molecule has 0 saturated heterocycles. The molecule has 0 heterocycles. The molecule has 0 saturated carbocycles.